The molecule has 3 aromatic rings. The van der Waals surface area contributed by atoms with E-state index in [2.05, 4.69) is 26.6 Å². The Morgan fingerprint density at radius 3 is 2.59 bits per heavy atom. The molecule has 172 valence electrons. The fourth-order valence-electron chi connectivity index (χ4n) is 2.91. The van der Waals surface area contributed by atoms with Crippen molar-refractivity contribution >= 4 is 56.8 Å². The summed E-state index contributed by atoms with van der Waals surface area (Å²) in [5, 5.41) is 15.4. The molecule has 0 aliphatic heterocycles. The van der Waals surface area contributed by atoms with Gasteiger partial charge in [0, 0.05) is 20.7 Å². The molecule has 0 unspecified atom stereocenters. The monoisotopic (exact) mass is 539 g/mol. The number of carbonyl (C=O) groups is 2. The molecule has 0 aliphatic carbocycles. The van der Waals surface area contributed by atoms with E-state index in [4.69, 9.17) is 21.1 Å². The number of para-hydroxylation sites is 2. The van der Waals surface area contributed by atoms with E-state index in [9.17, 15) is 14.9 Å². The number of amides is 2. The number of ether oxygens (including phenoxy) is 2. The molecule has 7 nitrogen and oxygen atoms in total. The van der Waals surface area contributed by atoms with Crippen LogP contribution in [-0.4, -0.2) is 25.5 Å². The summed E-state index contributed by atoms with van der Waals surface area (Å²) in [5.41, 5.74) is 1.26. The van der Waals surface area contributed by atoms with Crippen LogP contribution in [0.1, 0.15) is 5.56 Å². The van der Waals surface area contributed by atoms with Gasteiger partial charge in [0.05, 0.1) is 12.8 Å². The first-order chi connectivity index (χ1) is 16.4. The van der Waals surface area contributed by atoms with E-state index < -0.39 is 11.8 Å². The van der Waals surface area contributed by atoms with Crippen LogP contribution in [-0.2, 0) is 9.59 Å². The largest absolute Gasteiger partial charge is 0.495 e. The van der Waals surface area contributed by atoms with Gasteiger partial charge in [-0.25, -0.2) is 0 Å². The molecule has 0 heterocycles. The van der Waals surface area contributed by atoms with Crippen LogP contribution in [0.5, 0.6) is 11.5 Å². The molecule has 0 fully saturated rings. The molecule has 3 rings (SSSR count). The van der Waals surface area contributed by atoms with E-state index in [0.29, 0.717) is 37.9 Å². The fourth-order valence-corrected chi connectivity index (χ4v) is 3.48. The zero-order valence-corrected chi connectivity index (χ0v) is 20.3. The molecule has 0 saturated heterocycles. The number of nitriles is 1. The lowest BCUT2D eigenvalue weighted by Crippen LogP contribution is -2.20. The van der Waals surface area contributed by atoms with Gasteiger partial charge in [0.15, 0.2) is 6.61 Å². The van der Waals surface area contributed by atoms with Gasteiger partial charge in [0.2, 0.25) is 0 Å². The Hall–Kier alpha value is -3.80. The molecule has 0 spiro atoms. The van der Waals surface area contributed by atoms with Gasteiger partial charge in [-0.3, -0.25) is 9.59 Å². The molecule has 0 atom stereocenters. The highest BCUT2D eigenvalue weighted by Gasteiger charge is 2.14. The van der Waals surface area contributed by atoms with E-state index >= 15 is 0 Å². The Bertz CT molecular complexity index is 1290. The standard InChI is InChI=1S/C25H19BrClN3O4/c1-33-23-8-3-2-7-21(23)30-24(31)15-34-22-10-9-18(26)12-16(22)11-17(14-28)25(32)29-20-6-4-5-19(27)13-20/h2-13H,15H2,1H3,(H,29,32)(H,30,31)/b17-11-. The van der Waals surface area contributed by atoms with Crippen molar-refractivity contribution in [2.75, 3.05) is 24.4 Å². The minimum Gasteiger partial charge on any atom is -0.495 e. The lowest BCUT2D eigenvalue weighted by atomic mass is 10.1. The van der Waals surface area contributed by atoms with Crippen LogP contribution in [0.2, 0.25) is 5.02 Å². The summed E-state index contributed by atoms with van der Waals surface area (Å²) in [6.07, 6.45) is 1.39. The van der Waals surface area contributed by atoms with Gasteiger partial charge in [-0.15, -0.1) is 0 Å². The number of hydrogen-bond acceptors (Lipinski definition) is 5. The van der Waals surface area contributed by atoms with E-state index in [1.807, 2.05) is 6.07 Å². The van der Waals surface area contributed by atoms with E-state index in [0.717, 1.165) is 0 Å². The van der Waals surface area contributed by atoms with Gasteiger partial charge in [0.1, 0.15) is 23.1 Å². The Morgan fingerprint density at radius 2 is 1.85 bits per heavy atom. The molecule has 0 radical (unpaired) electrons. The van der Waals surface area contributed by atoms with Crippen LogP contribution in [0.4, 0.5) is 11.4 Å². The fraction of sp³-hybridized carbons (Fsp3) is 0.0800. The number of carbonyl (C=O) groups excluding carboxylic acids is 2. The Balaban J connectivity index is 1.75. The highest BCUT2D eigenvalue weighted by molar-refractivity contribution is 9.10. The third kappa shape index (κ3) is 6.85. The van der Waals surface area contributed by atoms with Crippen LogP contribution >= 0.6 is 27.5 Å². The number of halogens is 2. The Kier molecular flexibility index (Phi) is 8.68. The summed E-state index contributed by atoms with van der Waals surface area (Å²) in [6, 6.07) is 20.5. The number of methoxy groups -OCH3 is 1. The van der Waals surface area contributed by atoms with Crippen molar-refractivity contribution < 1.29 is 19.1 Å². The van der Waals surface area contributed by atoms with Gasteiger partial charge in [-0.05, 0) is 54.6 Å². The lowest BCUT2D eigenvalue weighted by Gasteiger charge is -2.12. The van der Waals surface area contributed by atoms with Crippen molar-refractivity contribution in [2.24, 2.45) is 0 Å². The van der Waals surface area contributed by atoms with Crippen LogP contribution in [0, 0.1) is 11.3 Å². The highest BCUT2D eigenvalue weighted by atomic mass is 79.9. The number of anilines is 2. The molecule has 0 aliphatic rings. The van der Waals surface area contributed by atoms with Crippen LogP contribution in [0.3, 0.4) is 0 Å². The first-order valence-electron chi connectivity index (χ1n) is 9.93. The number of rotatable bonds is 8. The molecule has 0 bridgehead atoms. The van der Waals surface area contributed by atoms with E-state index in [1.54, 1.807) is 66.7 Å². The summed E-state index contributed by atoms with van der Waals surface area (Å²) < 4.78 is 11.6. The molecule has 2 N–H and O–H groups in total. The molecular formula is C25H19BrClN3O4. The second-order valence-corrected chi connectivity index (χ2v) is 8.21. The van der Waals surface area contributed by atoms with Crippen LogP contribution in [0.25, 0.3) is 6.08 Å². The molecule has 9 heteroatoms. The van der Waals surface area contributed by atoms with Crippen molar-refractivity contribution in [1.82, 2.24) is 0 Å². The summed E-state index contributed by atoms with van der Waals surface area (Å²) in [5.74, 6) is -0.166. The molecule has 0 saturated carbocycles. The average molecular weight is 541 g/mol. The minimum absolute atomic E-state index is 0.151. The third-order valence-corrected chi connectivity index (χ3v) is 5.19. The summed E-state index contributed by atoms with van der Waals surface area (Å²) in [4.78, 5) is 25.0. The quantitative estimate of drug-likeness (QED) is 0.283. The summed E-state index contributed by atoms with van der Waals surface area (Å²) >= 11 is 9.32. The van der Waals surface area contributed by atoms with Crippen molar-refractivity contribution in [2.45, 2.75) is 0 Å². The third-order valence-electron chi connectivity index (χ3n) is 4.46. The second kappa shape index (κ2) is 11.9. The zero-order valence-electron chi connectivity index (χ0n) is 18.0. The van der Waals surface area contributed by atoms with Crippen molar-refractivity contribution in [3.8, 4) is 17.6 Å². The normalized spacial score (nSPS) is 10.7. The predicted molar refractivity (Wildman–Crippen MR) is 135 cm³/mol. The van der Waals surface area contributed by atoms with Crippen molar-refractivity contribution in [3.05, 3.63) is 87.4 Å². The van der Waals surface area contributed by atoms with Gasteiger partial charge in [0.25, 0.3) is 11.8 Å². The molecular weight excluding hydrogens is 522 g/mol. The number of benzene rings is 3. The Labute approximate surface area is 210 Å². The van der Waals surface area contributed by atoms with Crippen LogP contribution in [0.15, 0.2) is 76.8 Å². The minimum atomic E-state index is -0.607. The van der Waals surface area contributed by atoms with Crippen LogP contribution < -0.4 is 20.1 Å². The SMILES string of the molecule is COc1ccccc1NC(=O)COc1ccc(Br)cc1/C=C(/C#N)C(=O)Nc1cccc(Cl)c1. The lowest BCUT2D eigenvalue weighted by molar-refractivity contribution is -0.118. The summed E-state index contributed by atoms with van der Waals surface area (Å²) in [7, 11) is 1.51. The maximum absolute atomic E-state index is 12.6. The summed E-state index contributed by atoms with van der Waals surface area (Å²) in [6.45, 7) is -0.295. The topological polar surface area (TPSA) is 100 Å². The highest BCUT2D eigenvalue weighted by Crippen LogP contribution is 2.27. The second-order valence-electron chi connectivity index (χ2n) is 6.85. The molecule has 2 amide bonds. The van der Waals surface area contributed by atoms with Crippen molar-refractivity contribution in [3.63, 3.8) is 0 Å². The number of nitrogens with one attached hydrogen (secondary N) is 2. The maximum Gasteiger partial charge on any atom is 0.266 e. The van der Waals surface area contributed by atoms with Crippen molar-refractivity contribution in [1.29, 1.82) is 5.26 Å². The predicted octanol–water partition coefficient (Wildman–Crippen LogP) is 5.67. The zero-order chi connectivity index (χ0) is 24.5. The number of hydrogen-bond donors (Lipinski definition) is 2. The van der Waals surface area contributed by atoms with Gasteiger partial charge < -0.3 is 20.1 Å². The first-order valence-corrected chi connectivity index (χ1v) is 11.1. The smallest absolute Gasteiger partial charge is 0.266 e. The van der Waals surface area contributed by atoms with E-state index in [-0.39, 0.29) is 12.2 Å². The first kappa shape index (κ1) is 24.8. The maximum atomic E-state index is 12.6. The molecule has 34 heavy (non-hydrogen) atoms. The van der Waals surface area contributed by atoms with Gasteiger partial charge in [-0.2, -0.15) is 5.26 Å². The van der Waals surface area contributed by atoms with Gasteiger partial charge >= 0.3 is 0 Å². The molecule has 3 aromatic carbocycles. The Morgan fingerprint density at radius 1 is 1.06 bits per heavy atom. The molecule has 0 aromatic heterocycles. The number of nitrogens with zero attached hydrogens (tertiary/aromatic N) is 1. The average Bonchev–Trinajstić information content (AvgIpc) is 2.82. The van der Waals surface area contributed by atoms with E-state index in [1.165, 1.54) is 13.2 Å². The van der Waals surface area contributed by atoms with Gasteiger partial charge in [-0.1, -0.05) is 45.7 Å².